The Morgan fingerprint density at radius 3 is 2.58 bits per heavy atom. The van der Waals surface area contributed by atoms with Crippen LogP contribution in [0.4, 0.5) is 5.82 Å². The second kappa shape index (κ2) is 8.54. The molecule has 1 heterocycles. The molecule has 1 atom stereocenters. The highest BCUT2D eigenvalue weighted by atomic mass is 32.2. The number of thioether (sulfide) groups is 1. The van der Waals surface area contributed by atoms with Crippen molar-refractivity contribution < 1.29 is 14.1 Å². The fraction of sp³-hybridized carbons (Fsp3) is 0.353. The van der Waals surface area contributed by atoms with E-state index >= 15 is 0 Å². The summed E-state index contributed by atoms with van der Waals surface area (Å²) in [4.78, 5) is 23.9. The van der Waals surface area contributed by atoms with Crippen LogP contribution in [0.1, 0.15) is 23.8 Å². The van der Waals surface area contributed by atoms with Crippen LogP contribution < -0.4 is 10.6 Å². The lowest BCUT2D eigenvalue weighted by Gasteiger charge is -2.10. The fourth-order valence-electron chi connectivity index (χ4n) is 1.89. The monoisotopic (exact) mass is 347 g/mol. The number of nitrogens with zero attached hydrogens (tertiary/aromatic N) is 1. The molecule has 1 aromatic carbocycles. The number of hydrogen-bond acceptors (Lipinski definition) is 5. The molecule has 0 aliphatic carbocycles. The van der Waals surface area contributed by atoms with Gasteiger partial charge in [-0.15, -0.1) is 11.8 Å². The summed E-state index contributed by atoms with van der Waals surface area (Å²) in [6.45, 7) is 6.00. The molecule has 0 bridgehead atoms. The molecule has 0 spiro atoms. The van der Waals surface area contributed by atoms with Gasteiger partial charge >= 0.3 is 0 Å². The van der Waals surface area contributed by atoms with E-state index in [2.05, 4.69) is 15.8 Å². The number of nitrogens with one attached hydrogen (secondary N) is 2. The van der Waals surface area contributed by atoms with Gasteiger partial charge in [-0.1, -0.05) is 35.0 Å². The number of hydrogen-bond donors (Lipinski definition) is 2. The number of carbonyl (C=O) groups is 2. The van der Waals surface area contributed by atoms with Crippen LogP contribution in [0, 0.1) is 13.8 Å². The first-order valence-electron chi connectivity index (χ1n) is 7.62. The van der Waals surface area contributed by atoms with Crippen LogP contribution in [-0.2, 0) is 16.1 Å². The predicted octanol–water partition coefficient (Wildman–Crippen LogP) is 2.67. The average Bonchev–Trinajstić information content (AvgIpc) is 2.96. The zero-order chi connectivity index (χ0) is 17.5. The van der Waals surface area contributed by atoms with E-state index in [1.165, 1.54) is 17.3 Å². The van der Waals surface area contributed by atoms with E-state index in [1.807, 2.05) is 31.2 Å². The maximum absolute atomic E-state index is 12.0. The molecule has 24 heavy (non-hydrogen) atoms. The van der Waals surface area contributed by atoms with Crippen molar-refractivity contribution in [3.63, 3.8) is 0 Å². The molecule has 2 amide bonds. The van der Waals surface area contributed by atoms with E-state index in [4.69, 9.17) is 4.52 Å². The van der Waals surface area contributed by atoms with Gasteiger partial charge in [0.2, 0.25) is 11.8 Å². The van der Waals surface area contributed by atoms with Crippen molar-refractivity contribution in [3.8, 4) is 0 Å². The lowest BCUT2D eigenvalue weighted by molar-refractivity contribution is -0.118. The van der Waals surface area contributed by atoms with Crippen molar-refractivity contribution in [2.24, 2.45) is 0 Å². The van der Waals surface area contributed by atoms with Crippen LogP contribution in [0.25, 0.3) is 0 Å². The second-order valence-electron chi connectivity index (χ2n) is 5.53. The smallest absolute Gasteiger partial charge is 0.238 e. The van der Waals surface area contributed by atoms with Gasteiger partial charge in [0, 0.05) is 12.6 Å². The van der Waals surface area contributed by atoms with Gasteiger partial charge in [0.05, 0.1) is 11.0 Å². The molecule has 0 aliphatic rings. The molecule has 0 aliphatic heterocycles. The van der Waals surface area contributed by atoms with Crippen molar-refractivity contribution in [1.29, 1.82) is 0 Å². The molecule has 0 saturated heterocycles. The Bertz CT molecular complexity index is 697. The Morgan fingerprint density at radius 2 is 1.96 bits per heavy atom. The van der Waals surface area contributed by atoms with Gasteiger partial charge < -0.3 is 15.2 Å². The average molecular weight is 347 g/mol. The summed E-state index contributed by atoms with van der Waals surface area (Å²) in [7, 11) is 0. The summed E-state index contributed by atoms with van der Waals surface area (Å²) in [6, 6.07) is 9.63. The van der Waals surface area contributed by atoms with E-state index in [0.29, 0.717) is 18.1 Å². The largest absolute Gasteiger partial charge is 0.360 e. The molecule has 2 rings (SSSR count). The lowest BCUT2D eigenvalue weighted by atomic mass is 10.1. The first kappa shape index (κ1) is 18.1. The first-order chi connectivity index (χ1) is 11.4. The van der Waals surface area contributed by atoms with E-state index in [-0.39, 0.29) is 22.8 Å². The van der Waals surface area contributed by atoms with Gasteiger partial charge in [0.1, 0.15) is 5.76 Å². The zero-order valence-corrected chi connectivity index (χ0v) is 14.8. The molecular formula is C17H21N3O3S. The van der Waals surface area contributed by atoms with Crippen LogP contribution in [-0.4, -0.2) is 28.0 Å². The summed E-state index contributed by atoms with van der Waals surface area (Å²) in [5.74, 6) is 0.921. The summed E-state index contributed by atoms with van der Waals surface area (Å²) in [5.41, 5.74) is 2.23. The van der Waals surface area contributed by atoms with Crippen LogP contribution in [0.2, 0.25) is 0 Å². The van der Waals surface area contributed by atoms with Gasteiger partial charge in [-0.25, -0.2) is 0 Å². The summed E-state index contributed by atoms with van der Waals surface area (Å²) >= 11 is 1.27. The quantitative estimate of drug-likeness (QED) is 0.804. The van der Waals surface area contributed by atoms with Gasteiger partial charge in [-0.05, 0) is 26.3 Å². The van der Waals surface area contributed by atoms with Crippen LogP contribution in [0.3, 0.4) is 0 Å². The molecule has 1 aromatic heterocycles. The fourth-order valence-corrected chi connectivity index (χ4v) is 2.60. The molecule has 0 radical (unpaired) electrons. The van der Waals surface area contributed by atoms with Crippen molar-refractivity contribution in [2.45, 2.75) is 32.6 Å². The van der Waals surface area contributed by atoms with Crippen molar-refractivity contribution in [2.75, 3.05) is 11.1 Å². The number of benzene rings is 1. The minimum atomic E-state index is -0.368. The molecule has 7 heteroatoms. The third kappa shape index (κ3) is 5.73. The summed E-state index contributed by atoms with van der Waals surface area (Å²) in [5, 5.41) is 8.84. The third-order valence-corrected chi connectivity index (χ3v) is 4.47. The highest BCUT2D eigenvalue weighted by molar-refractivity contribution is 8.01. The predicted molar refractivity (Wildman–Crippen MR) is 94.8 cm³/mol. The maximum atomic E-state index is 12.0. The van der Waals surface area contributed by atoms with Crippen LogP contribution in [0.5, 0.6) is 0 Å². The number of aromatic nitrogens is 1. The number of aryl methyl sites for hydroxylation is 2. The lowest BCUT2D eigenvalue weighted by Crippen LogP contribution is -2.28. The summed E-state index contributed by atoms with van der Waals surface area (Å²) in [6.07, 6.45) is 0. The Labute approximate surface area is 145 Å². The highest BCUT2D eigenvalue weighted by Crippen LogP contribution is 2.14. The van der Waals surface area contributed by atoms with Crippen molar-refractivity contribution >= 4 is 29.4 Å². The standard InChI is InChI=1S/C17H21N3O3S/c1-11-4-6-14(7-5-11)9-18-16(21)10-24-13(3)17(22)19-15-8-12(2)23-20-15/h4-8,13H,9-10H2,1-3H3,(H,18,21)(H,19,20,22)/t13-/m1/s1. The van der Waals surface area contributed by atoms with E-state index in [0.717, 1.165) is 5.56 Å². The molecule has 128 valence electrons. The van der Waals surface area contributed by atoms with Crippen molar-refractivity contribution in [1.82, 2.24) is 10.5 Å². The van der Waals surface area contributed by atoms with Gasteiger partial charge in [-0.2, -0.15) is 0 Å². The minimum absolute atomic E-state index is 0.0995. The number of carbonyl (C=O) groups excluding carboxylic acids is 2. The Balaban J connectivity index is 1.70. The van der Waals surface area contributed by atoms with E-state index < -0.39 is 0 Å². The second-order valence-corrected chi connectivity index (χ2v) is 6.86. The summed E-state index contributed by atoms with van der Waals surface area (Å²) < 4.78 is 4.89. The van der Waals surface area contributed by atoms with E-state index in [1.54, 1.807) is 19.9 Å². The first-order valence-corrected chi connectivity index (χ1v) is 8.67. The van der Waals surface area contributed by atoms with Gasteiger partial charge in [-0.3, -0.25) is 9.59 Å². The third-order valence-electron chi connectivity index (χ3n) is 3.32. The number of amides is 2. The van der Waals surface area contributed by atoms with Crippen molar-refractivity contribution in [3.05, 3.63) is 47.2 Å². The Morgan fingerprint density at radius 1 is 1.25 bits per heavy atom. The van der Waals surface area contributed by atoms with Gasteiger partial charge in [0.15, 0.2) is 5.82 Å². The number of rotatable bonds is 7. The number of anilines is 1. The molecule has 2 aromatic rings. The van der Waals surface area contributed by atoms with Crippen LogP contribution in [0.15, 0.2) is 34.9 Å². The maximum Gasteiger partial charge on any atom is 0.238 e. The molecule has 0 fully saturated rings. The minimum Gasteiger partial charge on any atom is -0.360 e. The molecule has 0 saturated carbocycles. The molecule has 2 N–H and O–H groups in total. The molecule has 6 nitrogen and oxygen atoms in total. The SMILES string of the molecule is Cc1ccc(CNC(=O)CS[C@H](C)C(=O)Nc2cc(C)on2)cc1. The van der Waals surface area contributed by atoms with Gasteiger partial charge in [0.25, 0.3) is 0 Å². The van der Waals surface area contributed by atoms with E-state index in [9.17, 15) is 9.59 Å². The van der Waals surface area contributed by atoms with Crippen LogP contribution >= 0.6 is 11.8 Å². The normalized spacial score (nSPS) is 11.8. The molecular weight excluding hydrogens is 326 g/mol. The zero-order valence-electron chi connectivity index (χ0n) is 14.0. The Kier molecular flexibility index (Phi) is 6.43. The highest BCUT2D eigenvalue weighted by Gasteiger charge is 2.16. The Hall–Kier alpha value is -2.28. The topological polar surface area (TPSA) is 84.2 Å². The molecule has 0 unspecified atom stereocenters.